The number of likely N-dealkylation sites (N-methyl/N-ethyl adjacent to an activating group) is 1. The Labute approximate surface area is 102 Å². The molecule has 0 amide bonds. The maximum Gasteiger partial charge on any atom is 0.230 e. The van der Waals surface area contributed by atoms with E-state index < -0.39 is 0 Å². The molecule has 0 aromatic carbocycles. The van der Waals surface area contributed by atoms with E-state index in [1.165, 1.54) is 0 Å². The number of hydrogen-bond acceptors (Lipinski definition) is 5. The Morgan fingerprint density at radius 2 is 2.41 bits per heavy atom. The second kappa shape index (κ2) is 6.12. The summed E-state index contributed by atoms with van der Waals surface area (Å²) in [6.45, 7) is 7.60. The van der Waals surface area contributed by atoms with Crippen molar-refractivity contribution in [2.24, 2.45) is 0 Å². The van der Waals surface area contributed by atoms with Crippen LogP contribution in [0.5, 0.6) is 0 Å². The molecular formula is C12H21N3O2. The van der Waals surface area contributed by atoms with Gasteiger partial charge in [-0.25, -0.2) is 0 Å². The van der Waals surface area contributed by atoms with Gasteiger partial charge in [-0.15, -0.1) is 0 Å². The van der Waals surface area contributed by atoms with Crippen LogP contribution in [-0.2, 0) is 4.74 Å². The van der Waals surface area contributed by atoms with E-state index in [9.17, 15) is 0 Å². The number of nitrogens with one attached hydrogen (secondary N) is 1. The smallest absolute Gasteiger partial charge is 0.230 e. The Morgan fingerprint density at radius 1 is 1.53 bits per heavy atom. The van der Waals surface area contributed by atoms with Gasteiger partial charge in [-0.2, -0.15) is 4.98 Å². The molecule has 2 heterocycles. The molecule has 1 aromatic heterocycles. The minimum absolute atomic E-state index is 0.265. The van der Waals surface area contributed by atoms with Gasteiger partial charge in [0.2, 0.25) is 5.89 Å². The molecule has 5 heteroatoms. The van der Waals surface area contributed by atoms with Crippen molar-refractivity contribution in [2.75, 3.05) is 26.3 Å². The molecule has 1 saturated heterocycles. The summed E-state index contributed by atoms with van der Waals surface area (Å²) in [6, 6.07) is 0. The summed E-state index contributed by atoms with van der Waals surface area (Å²) in [5, 5.41) is 7.36. The average Bonchev–Trinajstić information content (AvgIpc) is 2.86. The number of rotatable bonds is 5. The zero-order chi connectivity index (χ0) is 12.1. The topological polar surface area (TPSA) is 60.2 Å². The van der Waals surface area contributed by atoms with Crippen LogP contribution < -0.4 is 5.32 Å². The standard InChI is InChI=1S/C12H21N3O2/c1-3-13-7-9(2)12-14-11(15-17-12)10-5-4-6-16-8-10/h9-10,13H,3-8H2,1-2H3. The molecule has 1 fully saturated rings. The third-order valence-electron chi connectivity index (χ3n) is 3.10. The quantitative estimate of drug-likeness (QED) is 0.847. The van der Waals surface area contributed by atoms with Crippen LogP contribution in [-0.4, -0.2) is 36.4 Å². The maximum atomic E-state index is 5.44. The monoisotopic (exact) mass is 239 g/mol. The molecule has 96 valence electrons. The zero-order valence-corrected chi connectivity index (χ0v) is 10.6. The predicted octanol–water partition coefficient (Wildman–Crippen LogP) is 1.68. The molecule has 1 aliphatic rings. The highest BCUT2D eigenvalue weighted by molar-refractivity contribution is 4.99. The first-order valence-corrected chi connectivity index (χ1v) is 6.43. The van der Waals surface area contributed by atoms with Crippen molar-refractivity contribution in [3.8, 4) is 0 Å². The van der Waals surface area contributed by atoms with Crippen molar-refractivity contribution in [1.82, 2.24) is 15.5 Å². The molecule has 2 unspecified atom stereocenters. The first kappa shape index (κ1) is 12.5. The largest absolute Gasteiger partial charge is 0.381 e. The Kier molecular flexibility index (Phi) is 4.50. The van der Waals surface area contributed by atoms with Gasteiger partial charge < -0.3 is 14.6 Å². The molecule has 5 nitrogen and oxygen atoms in total. The molecule has 0 spiro atoms. The number of nitrogens with zero attached hydrogens (tertiary/aromatic N) is 2. The Hall–Kier alpha value is -0.940. The summed E-state index contributed by atoms with van der Waals surface area (Å²) < 4.78 is 10.8. The van der Waals surface area contributed by atoms with Crippen LogP contribution in [0, 0.1) is 0 Å². The molecule has 0 aliphatic carbocycles. The Balaban J connectivity index is 1.94. The van der Waals surface area contributed by atoms with Crippen molar-refractivity contribution in [2.45, 2.75) is 38.5 Å². The summed E-state index contributed by atoms with van der Waals surface area (Å²) in [5.41, 5.74) is 0. The highest BCUT2D eigenvalue weighted by atomic mass is 16.5. The molecule has 0 radical (unpaired) electrons. The fourth-order valence-electron chi connectivity index (χ4n) is 2.01. The highest BCUT2D eigenvalue weighted by Crippen LogP contribution is 2.24. The molecule has 1 aromatic rings. The van der Waals surface area contributed by atoms with Gasteiger partial charge in [-0.1, -0.05) is 19.0 Å². The fourth-order valence-corrected chi connectivity index (χ4v) is 2.01. The first-order valence-electron chi connectivity index (χ1n) is 6.43. The molecule has 17 heavy (non-hydrogen) atoms. The Morgan fingerprint density at radius 3 is 3.12 bits per heavy atom. The molecule has 2 atom stereocenters. The van der Waals surface area contributed by atoms with E-state index in [-0.39, 0.29) is 5.92 Å². The Bertz CT molecular complexity index is 334. The summed E-state index contributed by atoms with van der Waals surface area (Å²) in [7, 11) is 0. The SMILES string of the molecule is CCNCC(C)c1nc(C2CCCOC2)no1. The van der Waals surface area contributed by atoms with Crippen LogP contribution in [0.1, 0.15) is 50.2 Å². The van der Waals surface area contributed by atoms with E-state index in [0.717, 1.165) is 50.9 Å². The predicted molar refractivity (Wildman–Crippen MR) is 64.1 cm³/mol. The molecule has 0 saturated carbocycles. The van der Waals surface area contributed by atoms with E-state index in [2.05, 4.69) is 29.3 Å². The van der Waals surface area contributed by atoms with Crippen LogP contribution in [0.15, 0.2) is 4.52 Å². The lowest BCUT2D eigenvalue weighted by atomic mass is 10.0. The van der Waals surface area contributed by atoms with Gasteiger partial charge in [-0.3, -0.25) is 0 Å². The van der Waals surface area contributed by atoms with Gasteiger partial charge in [0.15, 0.2) is 5.82 Å². The second-order valence-electron chi connectivity index (χ2n) is 4.61. The van der Waals surface area contributed by atoms with Crippen LogP contribution in [0.4, 0.5) is 0 Å². The summed E-state index contributed by atoms with van der Waals surface area (Å²) >= 11 is 0. The van der Waals surface area contributed by atoms with Gasteiger partial charge in [0.1, 0.15) is 0 Å². The molecule has 2 rings (SSSR count). The second-order valence-corrected chi connectivity index (χ2v) is 4.61. The summed E-state index contributed by atoms with van der Waals surface area (Å²) in [5.74, 6) is 2.11. The van der Waals surface area contributed by atoms with Crippen LogP contribution in [0.25, 0.3) is 0 Å². The minimum atomic E-state index is 0.265. The van der Waals surface area contributed by atoms with Crippen molar-refractivity contribution in [1.29, 1.82) is 0 Å². The average molecular weight is 239 g/mol. The fraction of sp³-hybridized carbons (Fsp3) is 0.833. The van der Waals surface area contributed by atoms with E-state index in [0.29, 0.717) is 5.92 Å². The van der Waals surface area contributed by atoms with E-state index in [1.807, 2.05) is 0 Å². The minimum Gasteiger partial charge on any atom is -0.381 e. The van der Waals surface area contributed by atoms with Gasteiger partial charge in [0.05, 0.1) is 6.61 Å². The zero-order valence-electron chi connectivity index (χ0n) is 10.6. The molecule has 1 aliphatic heterocycles. The number of hydrogen-bond donors (Lipinski definition) is 1. The van der Waals surface area contributed by atoms with Crippen molar-refractivity contribution < 1.29 is 9.26 Å². The van der Waals surface area contributed by atoms with Crippen LogP contribution in [0.3, 0.4) is 0 Å². The van der Waals surface area contributed by atoms with Gasteiger partial charge >= 0.3 is 0 Å². The van der Waals surface area contributed by atoms with Crippen molar-refractivity contribution in [3.05, 3.63) is 11.7 Å². The summed E-state index contributed by atoms with van der Waals surface area (Å²) in [6.07, 6.45) is 2.18. The highest BCUT2D eigenvalue weighted by Gasteiger charge is 2.22. The van der Waals surface area contributed by atoms with Gasteiger partial charge in [-0.05, 0) is 19.4 Å². The molecule has 0 bridgehead atoms. The van der Waals surface area contributed by atoms with Crippen LogP contribution in [0.2, 0.25) is 0 Å². The lowest BCUT2D eigenvalue weighted by Gasteiger charge is -2.18. The number of ether oxygens (including phenoxy) is 1. The van der Waals surface area contributed by atoms with Gasteiger partial charge in [0, 0.05) is 25.0 Å². The van der Waals surface area contributed by atoms with Gasteiger partial charge in [0.25, 0.3) is 0 Å². The third kappa shape index (κ3) is 3.26. The number of aromatic nitrogens is 2. The van der Waals surface area contributed by atoms with E-state index in [1.54, 1.807) is 0 Å². The normalized spacial score (nSPS) is 22.6. The lowest BCUT2D eigenvalue weighted by molar-refractivity contribution is 0.0773. The lowest BCUT2D eigenvalue weighted by Crippen LogP contribution is -2.20. The molecule has 1 N–H and O–H groups in total. The maximum absolute atomic E-state index is 5.44. The summed E-state index contributed by atoms with van der Waals surface area (Å²) in [4.78, 5) is 4.49. The van der Waals surface area contributed by atoms with E-state index in [4.69, 9.17) is 9.26 Å². The third-order valence-corrected chi connectivity index (χ3v) is 3.10. The molecular weight excluding hydrogens is 218 g/mol. The van der Waals surface area contributed by atoms with Crippen molar-refractivity contribution >= 4 is 0 Å². The van der Waals surface area contributed by atoms with E-state index >= 15 is 0 Å². The van der Waals surface area contributed by atoms with Crippen LogP contribution >= 0.6 is 0 Å². The van der Waals surface area contributed by atoms with Crippen molar-refractivity contribution in [3.63, 3.8) is 0 Å². The first-order chi connectivity index (χ1) is 8.31.